The number of ether oxygens (including phenoxy) is 1. The molecule has 4 aromatic carbocycles. The normalized spacial score (nSPS) is 11.8. The lowest BCUT2D eigenvalue weighted by Gasteiger charge is -2.34. The van der Waals surface area contributed by atoms with Gasteiger partial charge in [-0.1, -0.05) is 89.9 Å². The van der Waals surface area contributed by atoms with Gasteiger partial charge in [0.1, 0.15) is 18.3 Å². The second-order valence-electron chi connectivity index (χ2n) is 10.7. The van der Waals surface area contributed by atoms with Crippen molar-refractivity contribution in [2.45, 2.75) is 50.6 Å². The number of rotatable bonds is 16. The van der Waals surface area contributed by atoms with Crippen LogP contribution in [0.5, 0.6) is 5.75 Å². The van der Waals surface area contributed by atoms with E-state index in [9.17, 15) is 18.0 Å². The summed E-state index contributed by atoms with van der Waals surface area (Å²) in [5.74, 6) is -0.251. The molecule has 0 heterocycles. The van der Waals surface area contributed by atoms with Gasteiger partial charge in [0.25, 0.3) is 10.0 Å². The predicted molar refractivity (Wildman–Crippen MR) is 185 cm³/mol. The van der Waals surface area contributed by atoms with Crippen molar-refractivity contribution in [3.8, 4) is 5.75 Å². The number of carbonyl (C=O) groups is 2. The smallest absolute Gasteiger partial charge is 0.264 e. The van der Waals surface area contributed by atoms with Gasteiger partial charge in [-0.05, 0) is 73.0 Å². The van der Waals surface area contributed by atoms with Gasteiger partial charge in [-0.2, -0.15) is 0 Å². The second kappa shape index (κ2) is 17.0. The number of benzene rings is 4. The first-order chi connectivity index (χ1) is 22.2. The van der Waals surface area contributed by atoms with Crippen LogP contribution in [0.1, 0.15) is 37.8 Å². The summed E-state index contributed by atoms with van der Waals surface area (Å²) < 4.78 is 35.8. The number of para-hydroxylation sites is 1. The Kier molecular flexibility index (Phi) is 12.8. The van der Waals surface area contributed by atoms with Crippen LogP contribution in [0.15, 0.2) is 119 Å². The van der Waals surface area contributed by atoms with Crippen LogP contribution in [0.2, 0.25) is 0 Å². The minimum absolute atomic E-state index is 0.0187. The molecule has 4 aromatic rings. The fraction of sp³-hybridized carbons (Fsp3) is 0.278. The molecule has 0 radical (unpaired) electrons. The number of anilines is 1. The summed E-state index contributed by atoms with van der Waals surface area (Å²) in [6, 6.07) is 30.8. The molecule has 1 atom stereocenters. The summed E-state index contributed by atoms with van der Waals surface area (Å²) in [5.41, 5.74) is 2.02. The van der Waals surface area contributed by atoms with Gasteiger partial charge in [-0.15, -0.1) is 0 Å². The molecule has 0 fully saturated rings. The van der Waals surface area contributed by atoms with E-state index in [1.54, 1.807) is 42.5 Å². The lowest BCUT2D eigenvalue weighted by Crippen LogP contribution is -2.53. The quantitative estimate of drug-likeness (QED) is 0.133. The molecule has 2 amide bonds. The summed E-state index contributed by atoms with van der Waals surface area (Å²) in [6.07, 6.45) is 1.96. The standard InChI is InChI=1S/C36H40BrN3O5S/c1-3-5-24-38-36(42)34(25-28-12-8-6-9-13-28)39(26-29-16-18-30(37)19-17-29)35(41)27-40(31-14-10-7-11-15-31)46(43,44)33-22-20-32(21-23-33)45-4-2/h6-23,34H,3-5,24-27H2,1-2H3,(H,38,42)/t34-/m1/s1. The zero-order chi connectivity index (χ0) is 32.9. The summed E-state index contributed by atoms with van der Waals surface area (Å²) in [5, 5.41) is 3.01. The maximum Gasteiger partial charge on any atom is 0.264 e. The SMILES string of the molecule is CCCCNC(=O)[C@@H](Cc1ccccc1)N(Cc1ccc(Br)cc1)C(=O)CN(c1ccccc1)S(=O)(=O)c1ccc(OCC)cc1. The minimum Gasteiger partial charge on any atom is -0.494 e. The number of hydrogen-bond acceptors (Lipinski definition) is 5. The van der Waals surface area contributed by atoms with Crippen molar-refractivity contribution < 1.29 is 22.7 Å². The van der Waals surface area contributed by atoms with Crippen molar-refractivity contribution >= 4 is 43.5 Å². The maximum atomic E-state index is 14.5. The Labute approximate surface area is 280 Å². The van der Waals surface area contributed by atoms with Crippen LogP contribution >= 0.6 is 15.9 Å². The van der Waals surface area contributed by atoms with Crippen molar-refractivity contribution in [1.29, 1.82) is 0 Å². The first-order valence-electron chi connectivity index (χ1n) is 15.4. The number of hydrogen-bond donors (Lipinski definition) is 1. The van der Waals surface area contributed by atoms with Crippen LogP contribution in [0.4, 0.5) is 5.69 Å². The van der Waals surface area contributed by atoms with Crippen LogP contribution in [0, 0.1) is 0 Å². The summed E-state index contributed by atoms with van der Waals surface area (Å²) in [7, 11) is -4.19. The highest BCUT2D eigenvalue weighted by atomic mass is 79.9. The number of nitrogens with one attached hydrogen (secondary N) is 1. The Hall–Kier alpha value is -4.15. The molecular formula is C36H40BrN3O5S. The molecule has 46 heavy (non-hydrogen) atoms. The first-order valence-corrected chi connectivity index (χ1v) is 17.6. The fourth-order valence-corrected chi connectivity index (χ4v) is 6.65. The Balaban J connectivity index is 1.75. The Morgan fingerprint density at radius 2 is 1.46 bits per heavy atom. The Morgan fingerprint density at radius 1 is 0.826 bits per heavy atom. The number of amides is 2. The van der Waals surface area contributed by atoms with Crippen LogP contribution < -0.4 is 14.4 Å². The monoisotopic (exact) mass is 705 g/mol. The van der Waals surface area contributed by atoms with E-state index in [2.05, 4.69) is 21.2 Å². The Bertz CT molecular complexity index is 1650. The van der Waals surface area contributed by atoms with Gasteiger partial charge in [-0.3, -0.25) is 13.9 Å². The summed E-state index contributed by atoms with van der Waals surface area (Å²) in [6.45, 7) is 4.41. The van der Waals surface area contributed by atoms with E-state index < -0.39 is 28.5 Å². The fourth-order valence-electron chi connectivity index (χ4n) is 4.97. The molecule has 4 rings (SSSR count). The molecular weight excluding hydrogens is 666 g/mol. The van der Waals surface area contributed by atoms with Gasteiger partial charge >= 0.3 is 0 Å². The van der Waals surface area contributed by atoms with Gasteiger partial charge < -0.3 is 15.0 Å². The lowest BCUT2D eigenvalue weighted by molar-refractivity contribution is -0.140. The largest absolute Gasteiger partial charge is 0.494 e. The molecule has 8 nitrogen and oxygen atoms in total. The van der Waals surface area contributed by atoms with Gasteiger partial charge in [0.05, 0.1) is 17.2 Å². The number of carbonyl (C=O) groups excluding carboxylic acids is 2. The topological polar surface area (TPSA) is 96.0 Å². The third-order valence-corrected chi connectivity index (χ3v) is 9.73. The van der Waals surface area contributed by atoms with Crippen molar-refractivity contribution in [3.05, 3.63) is 125 Å². The van der Waals surface area contributed by atoms with E-state index in [0.717, 1.165) is 32.7 Å². The zero-order valence-corrected chi connectivity index (χ0v) is 28.5. The number of nitrogens with zero attached hydrogens (tertiary/aromatic N) is 2. The van der Waals surface area contributed by atoms with E-state index in [0.29, 0.717) is 24.6 Å². The molecule has 0 unspecified atom stereocenters. The molecule has 0 saturated carbocycles. The molecule has 0 saturated heterocycles. The molecule has 0 bridgehead atoms. The van der Waals surface area contributed by atoms with Gasteiger partial charge in [0, 0.05) is 24.0 Å². The number of unbranched alkanes of at least 4 members (excludes halogenated alkanes) is 1. The highest BCUT2D eigenvalue weighted by Gasteiger charge is 2.34. The van der Waals surface area contributed by atoms with E-state index in [1.807, 2.05) is 68.4 Å². The molecule has 0 aliphatic carbocycles. The van der Waals surface area contributed by atoms with Crippen LogP contribution in [0.25, 0.3) is 0 Å². The van der Waals surface area contributed by atoms with E-state index in [4.69, 9.17) is 4.74 Å². The molecule has 1 N–H and O–H groups in total. The number of sulfonamides is 1. The maximum absolute atomic E-state index is 14.5. The molecule has 0 aliphatic heterocycles. The lowest BCUT2D eigenvalue weighted by atomic mass is 10.0. The van der Waals surface area contributed by atoms with Gasteiger partial charge in [0.2, 0.25) is 11.8 Å². The zero-order valence-electron chi connectivity index (χ0n) is 26.1. The van der Waals surface area contributed by atoms with Gasteiger partial charge in [0.15, 0.2) is 0 Å². The summed E-state index contributed by atoms with van der Waals surface area (Å²) in [4.78, 5) is 29.8. The second-order valence-corrected chi connectivity index (χ2v) is 13.5. The molecule has 0 aromatic heterocycles. The predicted octanol–water partition coefficient (Wildman–Crippen LogP) is 6.60. The van der Waals surface area contributed by atoms with Crippen LogP contribution in [-0.2, 0) is 32.6 Å². The number of halogens is 1. The van der Waals surface area contributed by atoms with E-state index in [1.165, 1.54) is 17.0 Å². The molecule has 0 aliphatic rings. The van der Waals surface area contributed by atoms with Crippen LogP contribution in [0.3, 0.4) is 0 Å². The highest BCUT2D eigenvalue weighted by Crippen LogP contribution is 2.26. The van der Waals surface area contributed by atoms with Crippen molar-refractivity contribution in [2.75, 3.05) is 24.0 Å². The average Bonchev–Trinajstić information content (AvgIpc) is 3.07. The van der Waals surface area contributed by atoms with Crippen molar-refractivity contribution in [2.24, 2.45) is 0 Å². The minimum atomic E-state index is -4.19. The highest BCUT2D eigenvalue weighted by molar-refractivity contribution is 9.10. The van der Waals surface area contributed by atoms with E-state index >= 15 is 0 Å². The van der Waals surface area contributed by atoms with E-state index in [-0.39, 0.29) is 23.8 Å². The molecule has 10 heteroatoms. The Morgan fingerprint density at radius 3 is 2.07 bits per heavy atom. The average molecular weight is 707 g/mol. The third kappa shape index (κ3) is 9.43. The third-order valence-electron chi connectivity index (χ3n) is 7.41. The van der Waals surface area contributed by atoms with Crippen molar-refractivity contribution in [1.82, 2.24) is 10.2 Å². The molecule has 0 spiro atoms. The first kappa shape index (κ1) is 34.7. The van der Waals surface area contributed by atoms with Crippen LogP contribution in [-0.4, -0.2) is 50.9 Å². The van der Waals surface area contributed by atoms with Gasteiger partial charge in [-0.25, -0.2) is 8.42 Å². The van der Waals surface area contributed by atoms with Crippen molar-refractivity contribution in [3.63, 3.8) is 0 Å². The molecule has 242 valence electrons. The summed E-state index contributed by atoms with van der Waals surface area (Å²) >= 11 is 3.46.